The van der Waals surface area contributed by atoms with Crippen molar-refractivity contribution < 1.29 is 8.94 Å². The number of oxazole rings is 1. The number of hydrogen-bond donors (Lipinski definition) is 0. The highest BCUT2D eigenvalue weighted by atomic mass is 79.9. The van der Waals surface area contributed by atoms with Gasteiger partial charge in [-0.2, -0.15) is 4.98 Å². The molecule has 6 heteroatoms. The molecule has 0 bridgehead atoms. The molecule has 2 aromatic carbocycles. The van der Waals surface area contributed by atoms with Crippen molar-refractivity contribution in [2.45, 2.75) is 6.92 Å². The van der Waals surface area contributed by atoms with Crippen LogP contribution in [0.5, 0.6) is 0 Å². The summed E-state index contributed by atoms with van der Waals surface area (Å²) in [6.07, 6.45) is 0. The number of hydrogen-bond acceptors (Lipinski definition) is 5. The van der Waals surface area contributed by atoms with E-state index in [0.717, 1.165) is 26.7 Å². The Morgan fingerprint density at radius 3 is 2.55 bits per heavy atom. The van der Waals surface area contributed by atoms with Gasteiger partial charge in [0.2, 0.25) is 5.82 Å². The standard InChI is InChI=1S/C16H10BrN3O2/c1-9-18-13-8-11(4-7-14(13)21-9)15-19-16(22-20-15)10-2-5-12(17)6-3-10/h2-8H,1H3. The predicted molar refractivity (Wildman–Crippen MR) is 85.2 cm³/mol. The molecule has 2 aromatic heterocycles. The van der Waals surface area contributed by atoms with Crippen LogP contribution in [0.25, 0.3) is 33.9 Å². The fraction of sp³-hybridized carbons (Fsp3) is 0.0625. The van der Waals surface area contributed by atoms with Crippen molar-refractivity contribution in [2.24, 2.45) is 0 Å². The van der Waals surface area contributed by atoms with Crippen LogP contribution in [0.4, 0.5) is 0 Å². The minimum atomic E-state index is 0.485. The number of nitrogens with zero attached hydrogens (tertiary/aromatic N) is 3. The van der Waals surface area contributed by atoms with Crippen LogP contribution in [-0.2, 0) is 0 Å². The zero-order valence-corrected chi connectivity index (χ0v) is 13.2. The van der Waals surface area contributed by atoms with E-state index in [9.17, 15) is 0 Å². The number of rotatable bonds is 2. The van der Waals surface area contributed by atoms with E-state index in [0.29, 0.717) is 17.6 Å². The first-order valence-corrected chi connectivity index (χ1v) is 7.45. The molecule has 0 aliphatic carbocycles. The van der Waals surface area contributed by atoms with Gasteiger partial charge in [-0.3, -0.25) is 0 Å². The van der Waals surface area contributed by atoms with E-state index < -0.39 is 0 Å². The maximum Gasteiger partial charge on any atom is 0.258 e. The van der Waals surface area contributed by atoms with E-state index in [-0.39, 0.29) is 0 Å². The van der Waals surface area contributed by atoms with Gasteiger partial charge in [-0.15, -0.1) is 0 Å². The summed E-state index contributed by atoms with van der Waals surface area (Å²) in [5.74, 6) is 1.65. The minimum absolute atomic E-state index is 0.485. The average molecular weight is 356 g/mol. The molecule has 0 amide bonds. The maximum atomic E-state index is 5.46. The number of aryl methyl sites for hydroxylation is 1. The molecule has 22 heavy (non-hydrogen) atoms. The zero-order chi connectivity index (χ0) is 15.1. The molecule has 0 aliphatic rings. The van der Waals surface area contributed by atoms with Crippen molar-refractivity contribution in [1.82, 2.24) is 15.1 Å². The second kappa shape index (κ2) is 5.06. The first kappa shape index (κ1) is 13.2. The molecule has 0 saturated heterocycles. The first-order chi connectivity index (χ1) is 10.7. The Morgan fingerprint density at radius 1 is 0.955 bits per heavy atom. The minimum Gasteiger partial charge on any atom is -0.441 e. The van der Waals surface area contributed by atoms with E-state index in [1.54, 1.807) is 0 Å². The van der Waals surface area contributed by atoms with Gasteiger partial charge in [-0.05, 0) is 42.5 Å². The molecule has 0 aliphatic heterocycles. The summed E-state index contributed by atoms with van der Waals surface area (Å²) in [5, 5.41) is 4.04. The smallest absolute Gasteiger partial charge is 0.258 e. The topological polar surface area (TPSA) is 65.0 Å². The molecular weight excluding hydrogens is 346 g/mol. The fourth-order valence-electron chi connectivity index (χ4n) is 2.23. The molecular formula is C16H10BrN3O2. The third-order valence-electron chi connectivity index (χ3n) is 3.27. The SMILES string of the molecule is Cc1nc2cc(-c3noc(-c4ccc(Br)cc4)n3)ccc2o1. The second-order valence-electron chi connectivity index (χ2n) is 4.85. The van der Waals surface area contributed by atoms with Crippen LogP contribution >= 0.6 is 15.9 Å². The molecule has 0 spiro atoms. The van der Waals surface area contributed by atoms with Gasteiger partial charge in [-0.1, -0.05) is 21.1 Å². The average Bonchev–Trinajstić information content (AvgIpc) is 3.12. The van der Waals surface area contributed by atoms with Crippen LogP contribution in [0.2, 0.25) is 0 Å². The molecule has 4 rings (SSSR count). The van der Waals surface area contributed by atoms with Gasteiger partial charge < -0.3 is 8.94 Å². The summed E-state index contributed by atoms with van der Waals surface area (Å²) < 4.78 is 11.8. The van der Waals surface area contributed by atoms with E-state index in [2.05, 4.69) is 31.1 Å². The van der Waals surface area contributed by atoms with Crippen molar-refractivity contribution in [2.75, 3.05) is 0 Å². The molecule has 0 atom stereocenters. The summed E-state index contributed by atoms with van der Waals surface area (Å²) in [7, 11) is 0. The summed E-state index contributed by atoms with van der Waals surface area (Å²) >= 11 is 3.40. The van der Waals surface area contributed by atoms with Crippen LogP contribution in [-0.4, -0.2) is 15.1 Å². The zero-order valence-electron chi connectivity index (χ0n) is 11.6. The van der Waals surface area contributed by atoms with Crippen molar-refractivity contribution in [3.05, 3.63) is 52.8 Å². The maximum absolute atomic E-state index is 5.46. The molecule has 5 nitrogen and oxygen atoms in total. The van der Waals surface area contributed by atoms with Crippen LogP contribution in [0, 0.1) is 6.92 Å². The number of benzene rings is 2. The summed E-state index contributed by atoms with van der Waals surface area (Å²) in [6.45, 7) is 1.82. The summed E-state index contributed by atoms with van der Waals surface area (Å²) in [5.41, 5.74) is 3.25. The Morgan fingerprint density at radius 2 is 1.73 bits per heavy atom. The van der Waals surface area contributed by atoms with E-state index in [4.69, 9.17) is 8.94 Å². The largest absolute Gasteiger partial charge is 0.441 e. The molecule has 0 saturated carbocycles. The van der Waals surface area contributed by atoms with Gasteiger partial charge in [-0.25, -0.2) is 4.98 Å². The van der Waals surface area contributed by atoms with Gasteiger partial charge in [0.1, 0.15) is 5.52 Å². The van der Waals surface area contributed by atoms with E-state index in [1.165, 1.54) is 0 Å². The first-order valence-electron chi connectivity index (χ1n) is 6.66. The highest BCUT2D eigenvalue weighted by Gasteiger charge is 2.12. The molecule has 4 aromatic rings. The molecule has 0 N–H and O–H groups in total. The highest BCUT2D eigenvalue weighted by Crippen LogP contribution is 2.26. The Balaban J connectivity index is 1.74. The van der Waals surface area contributed by atoms with Crippen LogP contribution in [0.3, 0.4) is 0 Å². The number of aromatic nitrogens is 3. The Kier molecular flexibility index (Phi) is 3.04. The molecule has 2 heterocycles. The van der Waals surface area contributed by atoms with Crippen molar-refractivity contribution in [3.63, 3.8) is 0 Å². The lowest BCUT2D eigenvalue weighted by Crippen LogP contribution is -1.81. The van der Waals surface area contributed by atoms with Crippen molar-refractivity contribution >= 4 is 27.0 Å². The van der Waals surface area contributed by atoms with E-state index in [1.807, 2.05) is 49.4 Å². The van der Waals surface area contributed by atoms with E-state index >= 15 is 0 Å². The summed E-state index contributed by atoms with van der Waals surface area (Å²) in [4.78, 5) is 8.76. The van der Waals surface area contributed by atoms with Crippen LogP contribution in [0.15, 0.2) is 55.9 Å². The quantitative estimate of drug-likeness (QED) is 0.525. The lowest BCUT2D eigenvalue weighted by molar-refractivity contribution is 0.432. The molecule has 108 valence electrons. The van der Waals surface area contributed by atoms with Crippen LogP contribution < -0.4 is 0 Å². The second-order valence-corrected chi connectivity index (χ2v) is 5.76. The molecule has 0 radical (unpaired) electrons. The van der Waals surface area contributed by atoms with Gasteiger partial charge in [0.15, 0.2) is 11.5 Å². The lowest BCUT2D eigenvalue weighted by atomic mass is 10.2. The Labute approximate surface area is 134 Å². The molecule has 0 unspecified atom stereocenters. The van der Waals surface area contributed by atoms with Gasteiger partial charge in [0.05, 0.1) is 0 Å². The van der Waals surface area contributed by atoms with Crippen molar-refractivity contribution in [3.8, 4) is 22.8 Å². The fourth-order valence-corrected chi connectivity index (χ4v) is 2.50. The number of halogens is 1. The predicted octanol–water partition coefficient (Wildman–Crippen LogP) is 4.62. The number of fused-ring (bicyclic) bond motifs is 1. The lowest BCUT2D eigenvalue weighted by Gasteiger charge is -1.94. The third kappa shape index (κ3) is 2.31. The highest BCUT2D eigenvalue weighted by molar-refractivity contribution is 9.10. The third-order valence-corrected chi connectivity index (χ3v) is 3.80. The van der Waals surface area contributed by atoms with Gasteiger partial charge >= 0.3 is 0 Å². The molecule has 0 fully saturated rings. The van der Waals surface area contributed by atoms with Gasteiger partial charge in [0.25, 0.3) is 5.89 Å². The monoisotopic (exact) mass is 355 g/mol. The normalized spacial score (nSPS) is 11.2. The Bertz CT molecular complexity index is 957. The van der Waals surface area contributed by atoms with Crippen molar-refractivity contribution in [1.29, 1.82) is 0 Å². The summed E-state index contributed by atoms with van der Waals surface area (Å²) in [6, 6.07) is 13.4. The van der Waals surface area contributed by atoms with Gasteiger partial charge in [0, 0.05) is 22.5 Å². The Hall–Kier alpha value is -2.47. The van der Waals surface area contributed by atoms with Crippen LogP contribution in [0.1, 0.15) is 5.89 Å².